The lowest BCUT2D eigenvalue weighted by atomic mass is 9.77. The molecule has 3 rings (SSSR count). The highest BCUT2D eigenvalue weighted by Gasteiger charge is 2.52. The average molecular weight is 255 g/mol. The third-order valence-electron chi connectivity index (χ3n) is 4.19. The number of benzene rings is 1. The van der Waals surface area contributed by atoms with Gasteiger partial charge in [-0.05, 0) is 50.7 Å². The molecule has 0 bridgehead atoms. The molecule has 0 N–H and O–H groups in total. The highest BCUT2D eigenvalue weighted by molar-refractivity contribution is 6.65. The van der Waals surface area contributed by atoms with E-state index >= 15 is 0 Å². The van der Waals surface area contributed by atoms with Gasteiger partial charge >= 0.3 is 7.12 Å². The fourth-order valence-corrected chi connectivity index (χ4v) is 2.30. The molecule has 3 nitrogen and oxygen atoms in total. The van der Waals surface area contributed by atoms with E-state index in [0.717, 1.165) is 16.4 Å². The second kappa shape index (κ2) is 4.05. The van der Waals surface area contributed by atoms with Crippen molar-refractivity contribution in [2.45, 2.75) is 38.9 Å². The normalized spacial score (nSPS) is 20.9. The molecule has 1 fully saturated rings. The molecule has 1 aliphatic rings. The van der Waals surface area contributed by atoms with Gasteiger partial charge in [0.2, 0.25) is 0 Å². The number of aromatic nitrogens is 1. The summed E-state index contributed by atoms with van der Waals surface area (Å²) >= 11 is 0. The molecule has 0 spiro atoms. The van der Waals surface area contributed by atoms with Gasteiger partial charge in [-0.3, -0.25) is 4.98 Å². The summed E-state index contributed by atoms with van der Waals surface area (Å²) in [4.78, 5) is 4.37. The highest BCUT2D eigenvalue weighted by Crippen LogP contribution is 2.36. The zero-order valence-electron chi connectivity index (χ0n) is 11.8. The van der Waals surface area contributed by atoms with Gasteiger partial charge in [-0.1, -0.05) is 18.2 Å². The standard InChI is InChI=1S/C15H18BNO2/c1-14(2)15(3,4)19-16(18-14)12-8-5-9-13-11(12)7-6-10-17-13/h5-10H,1-4H3. The minimum absolute atomic E-state index is 0.317. The molecule has 0 amide bonds. The quantitative estimate of drug-likeness (QED) is 0.734. The van der Waals surface area contributed by atoms with Crippen LogP contribution in [0.3, 0.4) is 0 Å². The summed E-state index contributed by atoms with van der Waals surface area (Å²) < 4.78 is 12.2. The van der Waals surface area contributed by atoms with Gasteiger partial charge in [0.05, 0.1) is 16.7 Å². The first-order chi connectivity index (χ1) is 8.91. The molecule has 2 heterocycles. The smallest absolute Gasteiger partial charge is 0.399 e. The predicted molar refractivity (Wildman–Crippen MR) is 77.5 cm³/mol. The molecule has 0 atom stereocenters. The number of pyridine rings is 1. The van der Waals surface area contributed by atoms with Crippen molar-refractivity contribution in [2.24, 2.45) is 0 Å². The topological polar surface area (TPSA) is 31.4 Å². The Morgan fingerprint density at radius 1 is 0.947 bits per heavy atom. The molecule has 0 saturated carbocycles. The SMILES string of the molecule is CC1(C)OB(c2cccc3ncccc23)OC1(C)C. The third-order valence-corrected chi connectivity index (χ3v) is 4.19. The van der Waals surface area contributed by atoms with E-state index in [0.29, 0.717) is 0 Å². The number of rotatable bonds is 1. The molecule has 4 heteroatoms. The van der Waals surface area contributed by atoms with Crippen LogP contribution in [0, 0.1) is 0 Å². The molecule has 19 heavy (non-hydrogen) atoms. The number of nitrogens with zero attached hydrogens (tertiary/aromatic N) is 1. The Hall–Kier alpha value is -1.39. The molecule has 1 aromatic carbocycles. The Morgan fingerprint density at radius 2 is 1.63 bits per heavy atom. The van der Waals surface area contributed by atoms with E-state index in [4.69, 9.17) is 9.31 Å². The molecule has 0 aliphatic carbocycles. The first kappa shape index (κ1) is 12.6. The van der Waals surface area contributed by atoms with Crippen molar-refractivity contribution in [3.63, 3.8) is 0 Å². The third kappa shape index (κ3) is 1.95. The predicted octanol–water partition coefficient (Wildman–Crippen LogP) is 2.53. The van der Waals surface area contributed by atoms with Gasteiger partial charge in [0, 0.05) is 6.20 Å². The summed E-state index contributed by atoms with van der Waals surface area (Å²) in [5.74, 6) is 0. The van der Waals surface area contributed by atoms with Gasteiger partial charge in [0.15, 0.2) is 0 Å². The van der Waals surface area contributed by atoms with Crippen molar-refractivity contribution >= 4 is 23.5 Å². The lowest BCUT2D eigenvalue weighted by molar-refractivity contribution is 0.00578. The molecule has 1 aliphatic heterocycles. The van der Waals surface area contributed by atoms with Gasteiger partial charge in [-0.15, -0.1) is 0 Å². The van der Waals surface area contributed by atoms with E-state index in [1.54, 1.807) is 6.20 Å². The van der Waals surface area contributed by atoms with Crippen LogP contribution in [0.1, 0.15) is 27.7 Å². The maximum absolute atomic E-state index is 6.11. The molecule has 2 aromatic rings. The summed E-state index contributed by atoms with van der Waals surface area (Å²) in [6.07, 6.45) is 1.80. The van der Waals surface area contributed by atoms with Gasteiger partial charge in [0.1, 0.15) is 0 Å². The maximum Gasteiger partial charge on any atom is 0.495 e. The van der Waals surface area contributed by atoms with Crippen molar-refractivity contribution < 1.29 is 9.31 Å². The lowest BCUT2D eigenvalue weighted by Crippen LogP contribution is -2.41. The number of hydrogen-bond donors (Lipinski definition) is 0. The first-order valence-electron chi connectivity index (χ1n) is 6.60. The van der Waals surface area contributed by atoms with E-state index < -0.39 is 0 Å². The largest absolute Gasteiger partial charge is 0.495 e. The van der Waals surface area contributed by atoms with Crippen LogP contribution in [0.4, 0.5) is 0 Å². The Balaban J connectivity index is 2.08. The van der Waals surface area contributed by atoms with Crippen LogP contribution in [0.15, 0.2) is 36.5 Å². The molecule has 1 aromatic heterocycles. The fraction of sp³-hybridized carbons (Fsp3) is 0.400. The molecule has 1 saturated heterocycles. The van der Waals surface area contributed by atoms with Crippen molar-refractivity contribution in [1.29, 1.82) is 0 Å². The van der Waals surface area contributed by atoms with Crippen molar-refractivity contribution in [3.05, 3.63) is 36.5 Å². The Bertz CT molecular complexity index is 603. The second-order valence-electron chi connectivity index (χ2n) is 6.01. The van der Waals surface area contributed by atoms with Gasteiger partial charge in [-0.2, -0.15) is 0 Å². The minimum atomic E-state index is -0.335. The molecular weight excluding hydrogens is 237 g/mol. The minimum Gasteiger partial charge on any atom is -0.399 e. The molecule has 0 radical (unpaired) electrons. The lowest BCUT2D eigenvalue weighted by Gasteiger charge is -2.32. The summed E-state index contributed by atoms with van der Waals surface area (Å²) in [5.41, 5.74) is 1.38. The summed E-state index contributed by atoms with van der Waals surface area (Å²) in [6, 6.07) is 10.0. The Kier molecular flexibility index (Phi) is 2.70. The van der Waals surface area contributed by atoms with Gasteiger partial charge < -0.3 is 9.31 Å². The van der Waals surface area contributed by atoms with Crippen LogP contribution in [-0.2, 0) is 9.31 Å². The Labute approximate surface area is 114 Å². The van der Waals surface area contributed by atoms with E-state index in [-0.39, 0.29) is 18.3 Å². The highest BCUT2D eigenvalue weighted by atomic mass is 16.7. The van der Waals surface area contributed by atoms with E-state index in [2.05, 4.69) is 38.7 Å². The molecular formula is C15H18BNO2. The first-order valence-corrected chi connectivity index (χ1v) is 6.60. The van der Waals surface area contributed by atoms with E-state index in [1.807, 2.05) is 24.3 Å². The number of hydrogen-bond acceptors (Lipinski definition) is 3. The number of fused-ring (bicyclic) bond motifs is 1. The maximum atomic E-state index is 6.11. The zero-order valence-corrected chi connectivity index (χ0v) is 11.8. The van der Waals surface area contributed by atoms with E-state index in [9.17, 15) is 0 Å². The van der Waals surface area contributed by atoms with Crippen LogP contribution < -0.4 is 5.46 Å². The summed E-state index contributed by atoms with van der Waals surface area (Å²) in [5, 5.41) is 1.09. The van der Waals surface area contributed by atoms with E-state index in [1.165, 1.54) is 0 Å². The zero-order chi connectivity index (χ0) is 13.7. The second-order valence-corrected chi connectivity index (χ2v) is 6.01. The molecule has 0 unspecified atom stereocenters. The van der Waals surface area contributed by atoms with Gasteiger partial charge in [-0.25, -0.2) is 0 Å². The van der Waals surface area contributed by atoms with Crippen molar-refractivity contribution in [3.8, 4) is 0 Å². The van der Waals surface area contributed by atoms with Crippen molar-refractivity contribution in [2.75, 3.05) is 0 Å². The summed E-state index contributed by atoms with van der Waals surface area (Å²) in [6.45, 7) is 8.26. The van der Waals surface area contributed by atoms with Crippen LogP contribution in [0.2, 0.25) is 0 Å². The van der Waals surface area contributed by atoms with Crippen LogP contribution in [0.25, 0.3) is 10.9 Å². The van der Waals surface area contributed by atoms with Crippen LogP contribution in [0.5, 0.6) is 0 Å². The average Bonchev–Trinajstić information content (AvgIpc) is 2.58. The van der Waals surface area contributed by atoms with Crippen molar-refractivity contribution in [1.82, 2.24) is 4.98 Å². The van der Waals surface area contributed by atoms with Crippen LogP contribution >= 0.6 is 0 Å². The van der Waals surface area contributed by atoms with Gasteiger partial charge in [0.25, 0.3) is 0 Å². The fourth-order valence-electron chi connectivity index (χ4n) is 2.30. The Morgan fingerprint density at radius 3 is 2.32 bits per heavy atom. The van der Waals surface area contributed by atoms with Crippen LogP contribution in [-0.4, -0.2) is 23.3 Å². The molecule has 98 valence electrons. The summed E-state index contributed by atoms with van der Waals surface area (Å²) in [7, 11) is -0.335. The monoisotopic (exact) mass is 255 g/mol.